The summed E-state index contributed by atoms with van der Waals surface area (Å²) in [7, 11) is 4.55. The topological polar surface area (TPSA) is 93.4 Å². The number of rotatable bonds is 7. The number of fused-ring (bicyclic) bond motifs is 1. The summed E-state index contributed by atoms with van der Waals surface area (Å²) in [6.45, 7) is 1.63. The van der Waals surface area contributed by atoms with Gasteiger partial charge in [-0.1, -0.05) is 0 Å². The minimum absolute atomic E-state index is 0.0749. The SMILES string of the molecule is COc1ccc(Oc2c(C)oc3cc(OC(=O)c4cc(OC)cc(OC)c4)ccc3c2=O)cc1. The highest BCUT2D eigenvalue weighted by molar-refractivity contribution is 5.92. The molecule has 0 saturated carbocycles. The van der Waals surface area contributed by atoms with Gasteiger partial charge in [-0.3, -0.25) is 4.79 Å². The Hall–Kier alpha value is -4.46. The summed E-state index contributed by atoms with van der Waals surface area (Å²) in [6.07, 6.45) is 0. The number of hydrogen-bond acceptors (Lipinski definition) is 8. The van der Waals surface area contributed by atoms with Crippen molar-refractivity contribution in [1.82, 2.24) is 0 Å². The Morgan fingerprint density at radius 2 is 1.32 bits per heavy atom. The second kappa shape index (κ2) is 9.58. The number of benzene rings is 3. The molecular weight excluding hydrogens is 440 g/mol. The van der Waals surface area contributed by atoms with Crippen molar-refractivity contribution in [3.63, 3.8) is 0 Å². The summed E-state index contributed by atoms with van der Waals surface area (Å²) in [4.78, 5) is 25.7. The highest BCUT2D eigenvalue weighted by Crippen LogP contribution is 2.29. The monoisotopic (exact) mass is 462 g/mol. The molecule has 1 aromatic heterocycles. The van der Waals surface area contributed by atoms with Crippen LogP contribution < -0.4 is 29.1 Å². The van der Waals surface area contributed by atoms with Gasteiger partial charge in [0.2, 0.25) is 11.2 Å². The molecule has 4 aromatic rings. The molecular formula is C26H22O8. The summed E-state index contributed by atoms with van der Waals surface area (Å²) in [5, 5.41) is 0.289. The van der Waals surface area contributed by atoms with Gasteiger partial charge in [-0.15, -0.1) is 0 Å². The van der Waals surface area contributed by atoms with Crippen LogP contribution in [0.15, 0.2) is 69.9 Å². The molecule has 4 rings (SSSR count). The Morgan fingerprint density at radius 1 is 0.735 bits per heavy atom. The van der Waals surface area contributed by atoms with E-state index in [9.17, 15) is 9.59 Å². The third kappa shape index (κ3) is 4.66. The van der Waals surface area contributed by atoms with Crippen molar-refractivity contribution in [2.75, 3.05) is 21.3 Å². The van der Waals surface area contributed by atoms with Gasteiger partial charge in [0.25, 0.3) is 0 Å². The van der Waals surface area contributed by atoms with Gasteiger partial charge < -0.3 is 28.1 Å². The fourth-order valence-corrected chi connectivity index (χ4v) is 3.30. The Balaban J connectivity index is 1.61. The fraction of sp³-hybridized carbons (Fsp3) is 0.154. The molecule has 0 fully saturated rings. The molecule has 0 amide bonds. The van der Waals surface area contributed by atoms with Gasteiger partial charge in [0.1, 0.15) is 40.1 Å². The maximum atomic E-state index is 13.0. The molecule has 0 bridgehead atoms. The maximum Gasteiger partial charge on any atom is 0.343 e. The predicted octanol–water partition coefficient (Wildman–Crippen LogP) is 5.14. The van der Waals surface area contributed by atoms with Crippen LogP contribution in [0.2, 0.25) is 0 Å². The Bertz CT molecular complexity index is 1380. The Labute approximate surface area is 195 Å². The van der Waals surface area contributed by atoms with E-state index >= 15 is 0 Å². The second-order valence-electron chi connectivity index (χ2n) is 7.24. The number of carbonyl (C=O) groups is 1. The average Bonchev–Trinajstić information content (AvgIpc) is 2.86. The second-order valence-corrected chi connectivity index (χ2v) is 7.24. The minimum atomic E-state index is -0.616. The Morgan fingerprint density at radius 3 is 1.94 bits per heavy atom. The summed E-state index contributed by atoms with van der Waals surface area (Å²) >= 11 is 0. The molecule has 0 aliphatic carbocycles. The number of ether oxygens (including phenoxy) is 5. The summed E-state index contributed by atoms with van der Waals surface area (Å²) in [5.74, 6) is 2.01. The van der Waals surface area contributed by atoms with E-state index in [-0.39, 0.29) is 39.2 Å². The van der Waals surface area contributed by atoms with Gasteiger partial charge in [-0.25, -0.2) is 4.79 Å². The minimum Gasteiger partial charge on any atom is -0.497 e. The highest BCUT2D eigenvalue weighted by atomic mass is 16.5. The van der Waals surface area contributed by atoms with Gasteiger partial charge >= 0.3 is 5.97 Å². The van der Waals surface area contributed by atoms with Crippen molar-refractivity contribution in [3.8, 4) is 34.5 Å². The summed E-state index contributed by atoms with van der Waals surface area (Å²) < 4.78 is 32.6. The Kier molecular flexibility index (Phi) is 6.40. The normalized spacial score (nSPS) is 10.6. The molecule has 0 N–H and O–H groups in total. The molecule has 3 aromatic carbocycles. The van der Waals surface area contributed by atoms with Crippen molar-refractivity contribution < 1.29 is 32.9 Å². The van der Waals surface area contributed by atoms with Crippen molar-refractivity contribution in [2.45, 2.75) is 6.92 Å². The van der Waals surface area contributed by atoms with Crippen LogP contribution in [0.5, 0.6) is 34.5 Å². The van der Waals surface area contributed by atoms with E-state index in [1.54, 1.807) is 56.5 Å². The molecule has 34 heavy (non-hydrogen) atoms. The van der Waals surface area contributed by atoms with Crippen LogP contribution in [0, 0.1) is 6.92 Å². The molecule has 0 aliphatic heterocycles. The molecule has 0 aliphatic rings. The van der Waals surface area contributed by atoms with E-state index in [0.717, 1.165) is 0 Å². The standard InChI is InChI=1S/C26H22O8/c1-15-25(33-18-7-5-17(29-2)6-8-18)24(27)22-10-9-19(14-23(22)32-15)34-26(28)16-11-20(30-3)13-21(12-16)31-4/h5-14H,1-4H3. The zero-order valence-electron chi connectivity index (χ0n) is 19.0. The molecule has 1 heterocycles. The van der Waals surface area contributed by atoms with Crippen LogP contribution in [-0.4, -0.2) is 27.3 Å². The van der Waals surface area contributed by atoms with Crippen molar-refractivity contribution >= 4 is 16.9 Å². The maximum absolute atomic E-state index is 13.0. The number of aryl methyl sites for hydroxylation is 1. The number of methoxy groups -OCH3 is 3. The van der Waals surface area contributed by atoms with Gasteiger partial charge in [-0.2, -0.15) is 0 Å². The first-order chi connectivity index (χ1) is 16.4. The van der Waals surface area contributed by atoms with Crippen LogP contribution >= 0.6 is 0 Å². The third-order valence-electron chi connectivity index (χ3n) is 5.06. The van der Waals surface area contributed by atoms with Crippen LogP contribution in [-0.2, 0) is 0 Å². The summed E-state index contributed by atoms with van der Waals surface area (Å²) in [6, 6.07) is 16.1. The van der Waals surface area contributed by atoms with Gasteiger partial charge in [-0.05, 0) is 55.5 Å². The molecule has 0 saturated heterocycles. The van der Waals surface area contributed by atoms with Crippen molar-refractivity contribution in [3.05, 3.63) is 82.2 Å². The van der Waals surface area contributed by atoms with Gasteiger partial charge in [0, 0.05) is 12.1 Å². The zero-order valence-corrected chi connectivity index (χ0v) is 19.0. The quantitative estimate of drug-likeness (QED) is 0.275. The molecule has 0 radical (unpaired) electrons. The lowest BCUT2D eigenvalue weighted by molar-refractivity contribution is 0.0734. The van der Waals surface area contributed by atoms with Crippen LogP contribution in [0.25, 0.3) is 11.0 Å². The third-order valence-corrected chi connectivity index (χ3v) is 5.06. The smallest absolute Gasteiger partial charge is 0.343 e. The van der Waals surface area contributed by atoms with Crippen molar-refractivity contribution in [1.29, 1.82) is 0 Å². The van der Waals surface area contributed by atoms with E-state index in [4.69, 9.17) is 28.1 Å². The van der Waals surface area contributed by atoms with Gasteiger partial charge in [0.05, 0.1) is 32.3 Å². The lowest BCUT2D eigenvalue weighted by Crippen LogP contribution is -2.10. The molecule has 8 heteroatoms. The molecule has 8 nitrogen and oxygen atoms in total. The first-order valence-electron chi connectivity index (χ1n) is 10.3. The zero-order chi connectivity index (χ0) is 24.2. The first kappa shape index (κ1) is 22.7. The molecule has 174 valence electrons. The number of carbonyl (C=O) groups excluding carboxylic acids is 1. The van der Waals surface area contributed by atoms with Crippen LogP contribution in [0.4, 0.5) is 0 Å². The van der Waals surface area contributed by atoms with Crippen LogP contribution in [0.1, 0.15) is 16.1 Å². The molecule has 0 unspecified atom stereocenters. The van der Waals surface area contributed by atoms with E-state index in [1.165, 1.54) is 32.4 Å². The highest BCUT2D eigenvalue weighted by Gasteiger charge is 2.17. The number of hydrogen-bond donors (Lipinski definition) is 0. The number of esters is 1. The lowest BCUT2D eigenvalue weighted by Gasteiger charge is -2.11. The van der Waals surface area contributed by atoms with Crippen molar-refractivity contribution in [2.24, 2.45) is 0 Å². The average molecular weight is 462 g/mol. The van der Waals surface area contributed by atoms with Gasteiger partial charge in [0.15, 0.2) is 0 Å². The largest absolute Gasteiger partial charge is 0.497 e. The van der Waals surface area contributed by atoms with E-state index in [0.29, 0.717) is 23.0 Å². The molecule has 0 atom stereocenters. The molecule has 0 spiro atoms. The van der Waals surface area contributed by atoms with E-state index < -0.39 is 5.97 Å². The lowest BCUT2D eigenvalue weighted by atomic mass is 10.2. The van der Waals surface area contributed by atoms with E-state index in [1.807, 2.05) is 0 Å². The van der Waals surface area contributed by atoms with E-state index in [2.05, 4.69) is 0 Å². The first-order valence-corrected chi connectivity index (χ1v) is 10.3. The summed E-state index contributed by atoms with van der Waals surface area (Å²) in [5.41, 5.74) is 0.167. The predicted molar refractivity (Wildman–Crippen MR) is 125 cm³/mol. The van der Waals surface area contributed by atoms with Crippen LogP contribution in [0.3, 0.4) is 0 Å². The fourth-order valence-electron chi connectivity index (χ4n) is 3.30.